The van der Waals surface area contributed by atoms with Gasteiger partial charge in [-0.1, -0.05) is 24.3 Å². The molecule has 0 aliphatic rings. The van der Waals surface area contributed by atoms with Crippen LogP contribution >= 0.6 is 0 Å². The maximum absolute atomic E-state index is 12.3. The maximum Gasteiger partial charge on any atom is 0.229 e. The number of hydrogen-bond donors (Lipinski definition) is 2. The highest BCUT2D eigenvalue weighted by Gasteiger charge is 2.08. The van der Waals surface area contributed by atoms with E-state index < -0.39 is 10.0 Å². The van der Waals surface area contributed by atoms with Crippen molar-refractivity contribution in [3.8, 4) is 0 Å². The summed E-state index contributed by atoms with van der Waals surface area (Å²) >= 11 is 0. The summed E-state index contributed by atoms with van der Waals surface area (Å²) in [5.41, 5.74) is 2.70. The number of hydrogen-bond acceptors (Lipinski definition) is 4. The molecule has 0 fully saturated rings. The predicted octanol–water partition coefficient (Wildman–Crippen LogP) is 2.79. The third kappa shape index (κ3) is 4.54. The highest BCUT2D eigenvalue weighted by molar-refractivity contribution is 7.92. The molecule has 0 saturated heterocycles. The largest absolute Gasteiger partial charge is 0.326 e. The van der Waals surface area contributed by atoms with Crippen molar-refractivity contribution in [1.82, 2.24) is 4.98 Å². The average molecular weight is 355 g/mol. The number of amides is 1. The lowest BCUT2D eigenvalue weighted by atomic mass is 10.1. The second-order valence-electron chi connectivity index (χ2n) is 5.67. The van der Waals surface area contributed by atoms with Crippen molar-refractivity contribution in [2.24, 2.45) is 0 Å². The Morgan fingerprint density at radius 1 is 1.00 bits per heavy atom. The van der Waals surface area contributed by atoms with Gasteiger partial charge >= 0.3 is 0 Å². The van der Waals surface area contributed by atoms with E-state index in [1.807, 2.05) is 30.3 Å². The third-order valence-corrected chi connectivity index (χ3v) is 4.15. The van der Waals surface area contributed by atoms with Gasteiger partial charge in [-0.15, -0.1) is 0 Å². The van der Waals surface area contributed by atoms with E-state index >= 15 is 0 Å². The van der Waals surface area contributed by atoms with E-state index in [-0.39, 0.29) is 12.3 Å². The van der Waals surface area contributed by atoms with Gasteiger partial charge in [0, 0.05) is 23.0 Å². The molecule has 0 saturated carbocycles. The molecule has 3 aromatic rings. The predicted molar refractivity (Wildman–Crippen MR) is 99.0 cm³/mol. The van der Waals surface area contributed by atoms with E-state index in [1.165, 1.54) is 0 Å². The number of rotatable bonds is 5. The smallest absolute Gasteiger partial charge is 0.229 e. The van der Waals surface area contributed by atoms with Crippen molar-refractivity contribution in [2.45, 2.75) is 6.42 Å². The topological polar surface area (TPSA) is 88.2 Å². The quantitative estimate of drug-likeness (QED) is 0.737. The summed E-state index contributed by atoms with van der Waals surface area (Å²) in [6.07, 6.45) is 3.00. The molecule has 0 unspecified atom stereocenters. The molecule has 0 bridgehead atoms. The first-order valence-corrected chi connectivity index (χ1v) is 9.50. The number of fused-ring (bicyclic) bond motifs is 1. The van der Waals surface area contributed by atoms with Crippen LogP contribution in [0.5, 0.6) is 0 Å². The van der Waals surface area contributed by atoms with Crippen LogP contribution in [0.4, 0.5) is 11.4 Å². The van der Waals surface area contributed by atoms with Crippen LogP contribution in [0.1, 0.15) is 5.56 Å². The van der Waals surface area contributed by atoms with Crippen LogP contribution < -0.4 is 10.0 Å². The van der Waals surface area contributed by atoms with Crippen LogP contribution in [0, 0.1) is 0 Å². The monoisotopic (exact) mass is 355 g/mol. The fraction of sp³-hybridized carbons (Fsp3) is 0.111. The SMILES string of the molecule is CS(=O)(=O)Nc1ccc(NC(=O)Cc2cccc3cccnc23)cc1. The van der Waals surface area contributed by atoms with Crippen molar-refractivity contribution in [3.05, 3.63) is 66.4 Å². The molecule has 0 aliphatic carbocycles. The van der Waals surface area contributed by atoms with Gasteiger partial charge in [0.2, 0.25) is 15.9 Å². The van der Waals surface area contributed by atoms with Gasteiger partial charge in [0.25, 0.3) is 0 Å². The highest BCUT2D eigenvalue weighted by atomic mass is 32.2. The Labute approximate surface area is 146 Å². The van der Waals surface area contributed by atoms with Crippen LogP contribution in [0.2, 0.25) is 0 Å². The Bertz CT molecular complexity index is 1010. The van der Waals surface area contributed by atoms with E-state index in [2.05, 4.69) is 15.0 Å². The van der Waals surface area contributed by atoms with E-state index in [9.17, 15) is 13.2 Å². The Kier molecular flexibility index (Phi) is 4.67. The third-order valence-electron chi connectivity index (χ3n) is 3.54. The van der Waals surface area contributed by atoms with Crippen LogP contribution in [-0.4, -0.2) is 25.6 Å². The van der Waals surface area contributed by atoms with Gasteiger partial charge < -0.3 is 5.32 Å². The zero-order valence-corrected chi connectivity index (χ0v) is 14.4. The average Bonchev–Trinajstić information content (AvgIpc) is 2.56. The number of aromatic nitrogens is 1. The molecule has 3 rings (SSSR count). The molecule has 0 radical (unpaired) electrons. The van der Waals surface area contributed by atoms with Gasteiger partial charge in [-0.2, -0.15) is 0 Å². The van der Waals surface area contributed by atoms with Crippen molar-refractivity contribution >= 4 is 38.2 Å². The molecule has 0 atom stereocenters. The second-order valence-corrected chi connectivity index (χ2v) is 7.42. The summed E-state index contributed by atoms with van der Waals surface area (Å²) in [6.45, 7) is 0. The number of nitrogens with one attached hydrogen (secondary N) is 2. The molecule has 0 aliphatic heterocycles. The molecule has 1 heterocycles. The minimum atomic E-state index is -3.32. The number of benzene rings is 2. The number of para-hydroxylation sites is 1. The standard InChI is InChI=1S/C18H17N3O3S/c1-25(23,24)21-16-9-7-15(8-10-16)20-17(22)12-14-5-2-4-13-6-3-11-19-18(13)14/h2-11,21H,12H2,1H3,(H,20,22). The van der Waals surface area contributed by atoms with Crippen molar-refractivity contribution < 1.29 is 13.2 Å². The minimum Gasteiger partial charge on any atom is -0.326 e. The van der Waals surface area contributed by atoms with E-state index in [4.69, 9.17) is 0 Å². The van der Waals surface area contributed by atoms with Gasteiger partial charge in [0.15, 0.2) is 0 Å². The molecule has 1 aromatic heterocycles. The Hall–Kier alpha value is -2.93. The Morgan fingerprint density at radius 2 is 1.68 bits per heavy atom. The van der Waals surface area contributed by atoms with Gasteiger partial charge in [0.1, 0.15) is 0 Å². The summed E-state index contributed by atoms with van der Waals surface area (Å²) in [4.78, 5) is 16.6. The molecule has 6 nitrogen and oxygen atoms in total. The van der Waals surface area contributed by atoms with Gasteiger partial charge in [-0.05, 0) is 35.9 Å². The summed E-state index contributed by atoms with van der Waals surface area (Å²) in [5, 5.41) is 3.79. The molecule has 25 heavy (non-hydrogen) atoms. The lowest BCUT2D eigenvalue weighted by molar-refractivity contribution is -0.115. The molecule has 0 spiro atoms. The van der Waals surface area contributed by atoms with E-state index in [0.717, 1.165) is 22.7 Å². The number of pyridine rings is 1. The second kappa shape index (κ2) is 6.90. The number of anilines is 2. The molecule has 1 amide bonds. The zero-order valence-electron chi connectivity index (χ0n) is 13.6. The first-order chi connectivity index (χ1) is 11.9. The molecule has 2 aromatic carbocycles. The first kappa shape index (κ1) is 16.9. The Morgan fingerprint density at radius 3 is 2.40 bits per heavy atom. The Balaban J connectivity index is 1.70. The lowest BCUT2D eigenvalue weighted by Gasteiger charge is -2.09. The van der Waals surface area contributed by atoms with Gasteiger partial charge in [-0.3, -0.25) is 14.5 Å². The van der Waals surface area contributed by atoms with E-state index in [1.54, 1.807) is 30.5 Å². The molecule has 7 heteroatoms. The van der Waals surface area contributed by atoms with Gasteiger partial charge in [0.05, 0.1) is 18.2 Å². The highest BCUT2D eigenvalue weighted by Crippen LogP contribution is 2.18. The normalized spacial score (nSPS) is 11.2. The first-order valence-electron chi connectivity index (χ1n) is 7.61. The van der Waals surface area contributed by atoms with Crippen LogP contribution in [-0.2, 0) is 21.2 Å². The van der Waals surface area contributed by atoms with Crippen molar-refractivity contribution in [2.75, 3.05) is 16.3 Å². The fourth-order valence-corrected chi connectivity index (χ4v) is 3.09. The minimum absolute atomic E-state index is 0.165. The molecule has 2 N–H and O–H groups in total. The van der Waals surface area contributed by atoms with Crippen molar-refractivity contribution in [1.29, 1.82) is 0 Å². The lowest BCUT2D eigenvalue weighted by Crippen LogP contribution is -2.15. The van der Waals surface area contributed by atoms with Crippen LogP contribution in [0.3, 0.4) is 0 Å². The maximum atomic E-state index is 12.3. The van der Waals surface area contributed by atoms with Crippen LogP contribution in [0.15, 0.2) is 60.8 Å². The van der Waals surface area contributed by atoms with Crippen LogP contribution in [0.25, 0.3) is 10.9 Å². The molecular formula is C18H17N3O3S. The summed E-state index contributed by atoms with van der Waals surface area (Å²) in [6, 6.07) is 16.0. The summed E-state index contributed by atoms with van der Waals surface area (Å²) in [5.74, 6) is -0.165. The fourth-order valence-electron chi connectivity index (χ4n) is 2.52. The summed E-state index contributed by atoms with van der Waals surface area (Å²) < 4.78 is 24.7. The number of sulfonamides is 1. The van der Waals surface area contributed by atoms with Gasteiger partial charge in [-0.25, -0.2) is 8.42 Å². The number of carbonyl (C=O) groups is 1. The molecule has 128 valence electrons. The molecular weight excluding hydrogens is 338 g/mol. The zero-order chi connectivity index (χ0) is 17.9. The van der Waals surface area contributed by atoms with Crippen molar-refractivity contribution in [3.63, 3.8) is 0 Å². The number of nitrogens with zero attached hydrogens (tertiary/aromatic N) is 1. The number of carbonyl (C=O) groups excluding carboxylic acids is 1. The van der Waals surface area contributed by atoms with E-state index in [0.29, 0.717) is 11.4 Å². The summed E-state index contributed by atoms with van der Waals surface area (Å²) in [7, 11) is -3.32.